The summed E-state index contributed by atoms with van der Waals surface area (Å²) in [6, 6.07) is 10.3. The molecule has 0 radical (unpaired) electrons. The van der Waals surface area contributed by atoms with Gasteiger partial charge >= 0.3 is 5.97 Å². The number of aryl methyl sites for hydroxylation is 3. The van der Waals surface area contributed by atoms with Crippen molar-refractivity contribution in [1.29, 1.82) is 0 Å². The number of carboxylic acid groups (broad SMARTS) is 1. The molecule has 0 aliphatic heterocycles. The zero-order valence-corrected chi connectivity index (χ0v) is 15.6. The maximum Gasteiger partial charge on any atom is 0.335 e. The van der Waals surface area contributed by atoms with Crippen LogP contribution in [0.5, 0.6) is 5.75 Å². The maximum atomic E-state index is 12.0. The minimum absolute atomic E-state index is 0.0740. The van der Waals surface area contributed by atoms with Gasteiger partial charge in [0.05, 0.1) is 5.56 Å². The summed E-state index contributed by atoms with van der Waals surface area (Å²) in [6.45, 7) is 5.52. The van der Waals surface area contributed by atoms with Crippen LogP contribution in [0, 0.1) is 20.8 Å². The van der Waals surface area contributed by atoms with Gasteiger partial charge in [-0.05, 0) is 62.3 Å². The predicted octanol–water partition coefficient (Wildman–Crippen LogP) is 3.20. The molecule has 136 valence electrons. The van der Waals surface area contributed by atoms with Crippen molar-refractivity contribution in [2.75, 3.05) is 11.9 Å². The van der Waals surface area contributed by atoms with Crippen LogP contribution in [0.4, 0.5) is 5.69 Å². The van der Waals surface area contributed by atoms with Gasteiger partial charge < -0.3 is 15.2 Å². The van der Waals surface area contributed by atoms with E-state index >= 15 is 0 Å². The summed E-state index contributed by atoms with van der Waals surface area (Å²) in [7, 11) is 0. The first kappa shape index (κ1) is 19.4. The Balaban J connectivity index is 1.92. The van der Waals surface area contributed by atoms with Crippen molar-refractivity contribution >= 4 is 34.9 Å². The highest BCUT2D eigenvalue weighted by atomic mass is 32.1. The number of rotatable bonds is 5. The van der Waals surface area contributed by atoms with E-state index in [1.807, 2.05) is 39.0 Å². The molecule has 0 atom stereocenters. The molecular weight excluding hydrogens is 352 g/mol. The molecule has 1 amide bonds. The number of ether oxygens (including phenoxy) is 1. The molecule has 0 saturated carbocycles. The summed E-state index contributed by atoms with van der Waals surface area (Å²) < 4.78 is 5.50. The molecule has 7 heteroatoms. The number of carbonyl (C=O) groups is 2. The molecule has 6 nitrogen and oxygen atoms in total. The van der Waals surface area contributed by atoms with Crippen molar-refractivity contribution in [3.05, 3.63) is 58.7 Å². The quantitative estimate of drug-likeness (QED) is 0.699. The Morgan fingerprint density at radius 1 is 1.08 bits per heavy atom. The Kier molecular flexibility index (Phi) is 6.30. The van der Waals surface area contributed by atoms with Crippen LogP contribution in [-0.4, -0.2) is 28.7 Å². The molecular formula is C19H20N2O4S. The van der Waals surface area contributed by atoms with E-state index in [2.05, 4.69) is 10.6 Å². The normalized spacial score (nSPS) is 10.1. The lowest BCUT2D eigenvalue weighted by molar-refractivity contribution is -0.121. The second kappa shape index (κ2) is 8.44. The van der Waals surface area contributed by atoms with E-state index in [1.54, 1.807) is 6.07 Å². The Labute approximate surface area is 157 Å². The first-order valence-corrected chi connectivity index (χ1v) is 8.32. The largest absolute Gasteiger partial charge is 0.483 e. The molecule has 0 fully saturated rings. The zero-order chi connectivity index (χ0) is 19.3. The van der Waals surface area contributed by atoms with Crippen molar-refractivity contribution in [2.45, 2.75) is 20.8 Å². The lowest BCUT2D eigenvalue weighted by Gasteiger charge is -2.13. The highest BCUT2D eigenvalue weighted by Crippen LogP contribution is 2.19. The minimum atomic E-state index is -1.04. The SMILES string of the molecule is Cc1ccc(OCC(=O)NC(=S)Nc2cc(C(=O)O)ccc2C)c(C)c1. The molecule has 0 aliphatic rings. The van der Waals surface area contributed by atoms with Crippen LogP contribution in [0.3, 0.4) is 0 Å². The highest BCUT2D eigenvalue weighted by Gasteiger charge is 2.10. The van der Waals surface area contributed by atoms with Crippen molar-refractivity contribution in [2.24, 2.45) is 0 Å². The van der Waals surface area contributed by atoms with Crippen LogP contribution in [0.25, 0.3) is 0 Å². The molecule has 0 saturated heterocycles. The number of aromatic carboxylic acids is 1. The number of anilines is 1. The molecule has 0 heterocycles. The van der Waals surface area contributed by atoms with Crippen LogP contribution in [-0.2, 0) is 4.79 Å². The molecule has 0 spiro atoms. The second-order valence-corrected chi connectivity index (χ2v) is 6.30. The molecule has 0 aromatic heterocycles. The zero-order valence-electron chi connectivity index (χ0n) is 14.8. The van der Waals surface area contributed by atoms with Crippen LogP contribution in [0.2, 0.25) is 0 Å². The lowest BCUT2D eigenvalue weighted by Crippen LogP contribution is -2.37. The van der Waals surface area contributed by atoms with E-state index in [0.29, 0.717) is 11.4 Å². The van der Waals surface area contributed by atoms with E-state index in [4.69, 9.17) is 22.1 Å². The van der Waals surface area contributed by atoms with Crippen LogP contribution >= 0.6 is 12.2 Å². The van der Waals surface area contributed by atoms with Gasteiger partial charge in [0.25, 0.3) is 5.91 Å². The van der Waals surface area contributed by atoms with E-state index in [1.165, 1.54) is 12.1 Å². The van der Waals surface area contributed by atoms with Gasteiger partial charge in [-0.15, -0.1) is 0 Å². The summed E-state index contributed by atoms with van der Waals surface area (Å²) in [5.41, 5.74) is 3.51. The lowest BCUT2D eigenvalue weighted by atomic mass is 10.1. The molecule has 2 rings (SSSR count). The second-order valence-electron chi connectivity index (χ2n) is 5.89. The molecule has 3 N–H and O–H groups in total. The Morgan fingerprint density at radius 3 is 2.46 bits per heavy atom. The fourth-order valence-corrected chi connectivity index (χ4v) is 2.53. The molecule has 0 unspecified atom stereocenters. The van der Waals surface area contributed by atoms with Gasteiger partial charge in [0.2, 0.25) is 0 Å². The predicted molar refractivity (Wildman–Crippen MR) is 104 cm³/mol. The third kappa shape index (κ3) is 5.29. The number of carbonyl (C=O) groups excluding carboxylic acids is 1. The van der Waals surface area contributed by atoms with E-state index in [9.17, 15) is 9.59 Å². The minimum Gasteiger partial charge on any atom is -0.483 e. The topological polar surface area (TPSA) is 87.7 Å². The standard InChI is InChI=1S/C19H20N2O4S/c1-11-4-7-16(13(3)8-11)25-10-17(22)21-19(26)20-15-9-14(18(23)24)6-5-12(15)2/h4-9H,10H2,1-3H3,(H,23,24)(H2,20,21,22,26). The Bertz CT molecular complexity index is 865. The smallest absolute Gasteiger partial charge is 0.335 e. The van der Waals surface area contributed by atoms with Crippen molar-refractivity contribution in [1.82, 2.24) is 5.32 Å². The van der Waals surface area contributed by atoms with Crippen molar-refractivity contribution in [3.63, 3.8) is 0 Å². The number of nitrogens with one attached hydrogen (secondary N) is 2. The maximum absolute atomic E-state index is 12.0. The Morgan fingerprint density at radius 2 is 1.81 bits per heavy atom. The number of carboxylic acids is 1. The van der Waals surface area contributed by atoms with Crippen LogP contribution < -0.4 is 15.4 Å². The van der Waals surface area contributed by atoms with E-state index in [-0.39, 0.29) is 17.3 Å². The van der Waals surface area contributed by atoms with Gasteiger partial charge in [0.15, 0.2) is 11.7 Å². The fourth-order valence-electron chi connectivity index (χ4n) is 2.31. The number of amides is 1. The third-order valence-corrected chi connectivity index (χ3v) is 3.88. The molecule has 2 aromatic carbocycles. The van der Waals surface area contributed by atoms with E-state index in [0.717, 1.165) is 16.7 Å². The third-order valence-electron chi connectivity index (χ3n) is 3.67. The monoisotopic (exact) mass is 372 g/mol. The average molecular weight is 372 g/mol. The number of hydrogen-bond donors (Lipinski definition) is 3. The molecule has 2 aromatic rings. The number of thiocarbonyl (C=S) groups is 1. The summed E-state index contributed by atoms with van der Waals surface area (Å²) in [4.78, 5) is 23.0. The number of hydrogen-bond acceptors (Lipinski definition) is 4. The summed E-state index contributed by atoms with van der Waals surface area (Å²) in [5.74, 6) is -0.811. The summed E-state index contributed by atoms with van der Waals surface area (Å²) in [6.07, 6.45) is 0. The van der Waals surface area contributed by atoms with Gasteiger partial charge in [0, 0.05) is 5.69 Å². The summed E-state index contributed by atoms with van der Waals surface area (Å²) >= 11 is 5.11. The van der Waals surface area contributed by atoms with Crippen LogP contribution in [0.1, 0.15) is 27.0 Å². The van der Waals surface area contributed by atoms with Gasteiger partial charge in [-0.2, -0.15) is 0 Å². The van der Waals surface area contributed by atoms with E-state index < -0.39 is 11.9 Å². The van der Waals surface area contributed by atoms with Crippen LogP contribution in [0.15, 0.2) is 36.4 Å². The van der Waals surface area contributed by atoms with Gasteiger partial charge in [0.1, 0.15) is 5.75 Å². The molecule has 0 bridgehead atoms. The van der Waals surface area contributed by atoms with Gasteiger partial charge in [-0.1, -0.05) is 23.8 Å². The van der Waals surface area contributed by atoms with Crippen molar-refractivity contribution < 1.29 is 19.4 Å². The Hall–Kier alpha value is -2.93. The van der Waals surface area contributed by atoms with Crippen molar-refractivity contribution in [3.8, 4) is 5.75 Å². The number of benzene rings is 2. The van der Waals surface area contributed by atoms with Gasteiger partial charge in [-0.25, -0.2) is 4.79 Å². The first-order chi connectivity index (χ1) is 12.3. The fraction of sp³-hybridized carbons (Fsp3) is 0.211. The highest BCUT2D eigenvalue weighted by molar-refractivity contribution is 7.80. The summed E-state index contributed by atoms with van der Waals surface area (Å²) in [5, 5.41) is 14.5. The first-order valence-electron chi connectivity index (χ1n) is 7.91. The van der Waals surface area contributed by atoms with Gasteiger partial charge in [-0.3, -0.25) is 10.1 Å². The molecule has 26 heavy (non-hydrogen) atoms. The average Bonchev–Trinajstić information content (AvgIpc) is 2.55. The molecule has 0 aliphatic carbocycles.